The van der Waals surface area contributed by atoms with Crippen LogP contribution in [0.4, 0.5) is 4.39 Å². The van der Waals surface area contributed by atoms with E-state index in [1.165, 1.54) is 12.1 Å². The number of benzene rings is 1. The fraction of sp³-hybridized carbons (Fsp3) is 0.250. The van der Waals surface area contributed by atoms with Crippen LogP contribution in [-0.2, 0) is 13.1 Å². The Hall–Kier alpha value is -1.88. The third-order valence-electron chi connectivity index (χ3n) is 2.40. The molecule has 0 aliphatic rings. The van der Waals surface area contributed by atoms with Crippen LogP contribution in [0.15, 0.2) is 30.6 Å². The summed E-state index contributed by atoms with van der Waals surface area (Å²) in [6, 6.07) is 4.29. The molecular weight excluding hydrogens is 221 g/mol. The summed E-state index contributed by atoms with van der Waals surface area (Å²) >= 11 is 0. The molecule has 1 aromatic carbocycles. The average molecular weight is 235 g/mol. The number of hydrogen-bond donors (Lipinski definition) is 1. The predicted molar refractivity (Wildman–Crippen MR) is 62.3 cm³/mol. The minimum atomic E-state index is -0.318. The average Bonchev–Trinajstić information content (AvgIpc) is 2.79. The first-order valence-corrected chi connectivity index (χ1v) is 5.41. The lowest BCUT2D eigenvalue weighted by Gasteiger charge is -2.07. The molecule has 0 atom stereocenters. The predicted octanol–water partition coefficient (Wildman–Crippen LogP) is 2.29. The van der Waals surface area contributed by atoms with Gasteiger partial charge >= 0.3 is 0 Å². The summed E-state index contributed by atoms with van der Waals surface area (Å²) in [4.78, 5) is 0. The molecule has 1 aromatic heterocycles. The summed E-state index contributed by atoms with van der Waals surface area (Å²) in [5.41, 5.74) is 6.17. The summed E-state index contributed by atoms with van der Waals surface area (Å²) in [5.74, 6) is 0.861. The van der Waals surface area contributed by atoms with E-state index in [1.807, 2.05) is 6.92 Å². The Bertz CT molecular complexity index is 510. The molecule has 0 aliphatic heterocycles. The van der Waals surface area contributed by atoms with E-state index in [9.17, 15) is 4.39 Å². The first-order chi connectivity index (χ1) is 8.22. The monoisotopic (exact) mass is 235 g/mol. The van der Waals surface area contributed by atoms with E-state index in [4.69, 9.17) is 10.5 Å². The molecule has 5 heteroatoms. The fourth-order valence-electron chi connectivity index (χ4n) is 1.50. The van der Waals surface area contributed by atoms with Crippen LogP contribution in [-0.4, -0.2) is 9.78 Å². The minimum absolute atomic E-state index is 0.231. The van der Waals surface area contributed by atoms with Crippen LogP contribution >= 0.6 is 0 Å². The number of nitrogens with zero attached hydrogens (tertiary/aromatic N) is 2. The van der Waals surface area contributed by atoms with E-state index in [1.54, 1.807) is 23.1 Å². The highest BCUT2D eigenvalue weighted by molar-refractivity contribution is 5.37. The van der Waals surface area contributed by atoms with Gasteiger partial charge in [0.1, 0.15) is 11.6 Å². The zero-order valence-electron chi connectivity index (χ0n) is 9.56. The van der Waals surface area contributed by atoms with Crippen molar-refractivity contribution in [2.75, 3.05) is 0 Å². The Morgan fingerprint density at radius 1 is 1.47 bits per heavy atom. The molecule has 0 amide bonds. The number of rotatable bonds is 4. The van der Waals surface area contributed by atoms with Gasteiger partial charge in [-0.1, -0.05) is 0 Å². The van der Waals surface area contributed by atoms with Crippen LogP contribution in [0.3, 0.4) is 0 Å². The molecule has 2 aromatic rings. The SMILES string of the molecule is CCn1cc(Oc2ccc(F)cc2CN)cn1. The summed E-state index contributed by atoms with van der Waals surface area (Å²) < 4.78 is 20.4. The van der Waals surface area contributed by atoms with E-state index in [0.717, 1.165) is 6.54 Å². The molecule has 2 N–H and O–H groups in total. The van der Waals surface area contributed by atoms with Gasteiger partial charge in [-0.2, -0.15) is 5.10 Å². The van der Waals surface area contributed by atoms with E-state index >= 15 is 0 Å². The van der Waals surface area contributed by atoms with Gasteiger partial charge in [0.05, 0.1) is 12.4 Å². The Balaban J connectivity index is 2.23. The van der Waals surface area contributed by atoms with Crippen molar-refractivity contribution in [2.24, 2.45) is 5.73 Å². The smallest absolute Gasteiger partial charge is 0.165 e. The highest BCUT2D eigenvalue weighted by atomic mass is 19.1. The van der Waals surface area contributed by atoms with Gasteiger partial charge in [-0.3, -0.25) is 4.68 Å². The number of ether oxygens (including phenoxy) is 1. The quantitative estimate of drug-likeness (QED) is 0.884. The van der Waals surface area contributed by atoms with Crippen molar-refractivity contribution in [1.29, 1.82) is 0 Å². The summed E-state index contributed by atoms with van der Waals surface area (Å²) in [6.07, 6.45) is 3.40. The maximum absolute atomic E-state index is 13.0. The summed E-state index contributed by atoms with van der Waals surface area (Å²) in [6.45, 7) is 2.99. The molecule has 0 fully saturated rings. The van der Waals surface area contributed by atoms with Crippen molar-refractivity contribution in [3.05, 3.63) is 42.0 Å². The molecule has 0 aliphatic carbocycles. The maximum atomic E-state index is 13.0. The van der Waals surface area contributed by atoms with Crippen molar-refractivity contribution in [1.82, 2.24) is 9.78 Å². The molecule has 1 heterocycles. The molecule has 0 radical (unpaired) electrons. The van der Waals surface area contributed by atoms with Crippen molar-refractivity contribution in [3.8, 4) is 11.5 Å². The van der Waals surface area contributed by atoms with Gasteiger partial charge in [-0.15, -0.1) is 0 Å². The van der Waals surface area contributed by atoms with Crippen LogP contribution < -0.4 is 10.5 Å². The Morgan fingerprint density at radius 2 is 2.29 bits per heavy atom. The number of aryl methyl sites for hydroxylation is 1. The first-order valence-electron chi connectivity index (χ1n) is 5.41. The maximum Gasteiger partial charge on any atom is 0.165 e. The summed E-state index contributed by atoms with van der Waals surface area (Å²) in [7, 11) is 0. The lowest BCUT2D eigenvalue weighted by Crippen LogP contribution is -2.00. The standard InChI is InChI=1S/C12H14FN3O/c1-2-16-8-11(7-15-16)17-12-4-3-10(13)5-9(12)6-14/h3-5,7-8H,2,6,14H2,1H3. The number of aromatic nitrogens is 2. The lowest BCUT2D eigenvalue weighted by molar-refractivity contribution is 0.472. The number of hydrogen-bond acceptors (Lipinski definition) is 3. The molecule has 0 saturated heterocycles. The zero-order chi connectivity index (χ0) is 12.3. The Morgan fingerprint density at radius 3 is 2.94 bits per heavy atom. The van der Waals surface area contributed by atoms with Gasteiger partial charge in [-0.25, -0.2) is 4.39 Å². The van der Waals surface area contributed by atoms with Crippen LogP contribution in [0.5, 0.6) is 11.5 Å². The second kappa shape index (κ2) is 4.97. The number of halogens is 1. The van der Waals surface area contributed by atoms with Gasteiger partial charge in [0.2, 0.25) is 0 Å². The van der Waals surface area contributed by atoms with Gasteiger partial charge < -0.3 is 10.5 Å². The first kappa shape index (κ1) is 11.6. The molecule has 4 nitrogen and oxygen atoms in total. The van der Waals surface area contributed by atoms with E-state index < -0.39 is 0 Å². The zero-order valence-corrected chi connectivity index (χ0v) is 9.56. The van der Waals surface area contributed by atoms with Crippen molar-refractivity contribution in [3.63, 3.8) is 0 Å². The summed E-state index contributed by atoms with van der Waals surface area (Å²) in [5, 5.41) is 4.09. The van der Waals surface area contributed by atoms with E-state index in [-0.39, 0.29) is 12.4 Å². The Labute approximate surface area is 98.8 Å². The van der Waals surface area contributed by atoms with Crippen LogP contribution in [0.25, 0.3) is 0 Å². The van der Waals surface area contributed by atoms with E-state index in [2.05, 4.69) is 5.10 Å². The molecule has 17 heavy (non-hydrogen) atoms. The highest BCUT2D eigenvalue weighted by Gasteiger charge is 2.06. The molecular formula is C12H14FN3O. The van der Waals surface area contributed by atoms with Crippen molar-refractivity contribution < 1.29 is 9.13 Å². The second-order valence-corrected chi connectivity index (χ2v) is 3.59. The lowest BCUT2D eigenvalue weighted by atomic mass is 10.2. The molecule has 90 valence electrons. The molecule has 0 saturated carbocycles. The molecule has 0 spiro atoms. The van der Waals surface area contributed by atoms with Crippen LogP contribution in [0.2, 0.25) is 0 Å². The highest BCUT2D eigenvalue weighted by Crippen LogP contribution is 2.25. The minimum Gasteiger partial charge on any atom is -0.454 e. The van der Waals surface area contributed by atoms with Gasteiger partial charge in [0.15, 0.2) is 5.75 Å². The van der Waals surface area contributed by atoms with Gasteiger partial charge in [-0.05, 0) is 25.1 Å². The third-order valence-corrected chi connectivity index (χ3v) is 2.40. The van der Waals surface area contributed by atoms with Crippen LogP contribution in [0, 0.1) is 5.82 Å². The van der Waals surface area contributed by atoms with Crippen LogP contribution in [0.1, 0.15) is 12.5 Å². The topological polar surface area (TPSA) is 53.1 Å². The van der Waals surface area contributed by atoms with Gasteiger partial charge in [0, 0.05) is 18.7 Å². The third kappa shape index (κ3) is 2.62. The van der Waals surface area contributed by atoms with E-state index in [0.29, 0.717) is 17.1 Å². The molecule has 0 bridgehead atoms. The second-order valence-electron chi connectivity index (χ2n) is 3.59. The molecule has 2 rings (SSSR count). The normalized spacial score (nSPS) is 10.5. The van der Waals surface area contributed by atoms with Crippen molar-refractivity contribution >= 4 is 0 Å². The van der Waals surface area contributed by atoms with Crippen molar-refractivity contribution in [2.45, 2.75) is 20.0 Å². The number of nitrogens with two attached hydrogens (primary N) is 1. The molecule has 0 unspecified atom stereocenters. The largest absolute Gasteiger partial charge is 0.454 e. The van der Waals surface area contributed by atoms with Gasteiger partial charge in [0.25, 0.3) is 0 Å². The Kier molecular flexibility index (Phi) is 3.39. The fourth-order valence-corrected chi connectivity index (χ4v) is 1.50.